The maximum absolute atomic E-state index is 12.4. The number of anilines is 1. The summed E-state index contributed by atoms with van der Waals surface area (Å²) in [4.78, 5) is 11.4. The van der Waals surface area contributed by atoms with E-state index in [0.717, 1.165) is 12.2 Å². The van der Waals surface area contributed by atoms with Gasteiger partial charge in [-0.25, -0.2) is 8.42 Å². The molecule has 2 rings (SSSR count). The molecule has 0 amide bonds. The Balaban J connectivity index is 2.17. The highest BCUT2D eigenvalue weighted by atomic mass is 32.2. The summed E-state index contributed by atoms with van der Waals surface area (Å²) < 4.78 is 26.1. The quantitative estimate of drug-likeness (QED) is 0.908. The zero-order valence-corrected chi connectivity index (χ0v) is 11.7. The normalized spacial score (nSPS) is 17.4. The topological polar surface area (TPSA) is 66.5 Å². The van der Waals surface area contributed by atoms with Crippen LogP contribution in [0.4, 0.5) is 5.69 Å². The number of sulfonamides is 1. The maximum atomic E-state index is 12.4. The first kappa shape index (κ1) is 14.0. The molecule has 104 valence electrons. The molecule has 0 radical (unpaired) electrons. The fraction of sp³-hybridized carbons (Fsp3) is 0.462. The van der Waals surface area contributed by atoms with Crippen LogP contribution < -0.4 is 5.32 Å². The molecule has 0 saturated carbocycles. The van der Waals surface area contributed by atoms with E-state index in [0.29, 0.717) is 12.8 Å². The summed E-state index contributed by atoms with van der Waals surface area (Å²) in [5.74, 6) is 0.133. The van der Waals surface area contributed by atoms with Crippen molar-refractivity contribution in [3.63, 3.8) is 0 Å². The number of ketones is 1. The van der Waals surface area contributed by atoms with E-state index in [-0.39, 0.29) is 23.8 Å². The van der Waals surface area contributed by atoms with Crippen molar-refractivity contribution in [2.45, 2.75) is 24.7 Å². The van der Waals surface area contributed by atoms with Crippen molar-refractivity contribution in [3.05, 3.63) is 24.3 Å². The molecule has 19 heavy (non-hydrogen) atoms. The SMILES string of the molecule is CCNc1ccc(S(=O)(=O)N2CCC(=O)CC2)cc1. The number of rotatable bonds is 4. The number of hydrogen-bond donors (Lipinski definition) is 1. The van der Waals surface area contributed by atoms with Crippen LogP contribution in [0.2, 0.25) is 0 Å². The second-order valence-electron chi connectivity index (χ2n) is 4.50. The molecule has 0 aliphatic carbocycles. The van der Waals surface area contributed by atoms with Crippen LogP contribution in [0.15, 0.2) is 29.2 Å². The number of carbonyl (C=O) groups excluding carboxylic acids is 1. The molecule has 1 heterocycles. The highest BCUT2D eigenvalue weighted by Gasteiger charge is 2.28. The Hall–Kier alpha value is -1.40. The standard InChI is InChI=1S/C13H18N2O3S/c1-2-14-11-3-5-13(6-4-11)19(17,18)15-9-7-12(16)8-10-15/h3-6,14H,2,7-10H2,1H3. The maximum Gasteiger partial charge on any atom is 0.243 e. The van der Waals surface area contributed by atoms with Gasteiger partial charge in [0.2, 0.25) is 10.0 Å². The van der Waals surface area contributed by atoms with Gasteiger partial charge in [-0.15, -0.1) is 0 Å². The zero-order chi connectivity index (χ0) is 13.9. The summed E-state index contributed by atoms with van der Waals surface area (Å²) in [5.41, 5.74) is 0.898. The van der Waals surface area contributed by atoms with E-state index < -0.39 is 10.0 Å². The lowest BCUT2D eigenvalue weighted by atomic mass is 10.1. The van der Waals surface area contributed by atoms with Crippen LogP contribution in [-0.2, 0) is 14.8 Å². The first-order valence-electron chi connectivity index (χ1n) is 6.40. The molecular weight excluding hydrogens is 264 g/mol. The molecule has 1 aliphatic heterocycles. The van der Waals surface area contributed by atoms with E-state index in [1.54, 1.807) is 24.3 Å². The Morgan fingerprint density at radius 3 is 2.26 bits per heavy atom. The Morgan fingerprint density at radius 1 is 1.16 bits per heavy atom. The molecule has 0 bridgehead atoms. The average Bonchev–Trinajstić information content (AvgIpc) is 2.40. The van der Waals surface area contributed by atoms with Gasteiger partial charge in [-0.05, 0) is 31.2 Å². The number of carbonyl (C=O) groups is 1. The van der Waals surface area contributed by atoms with Gasteiger partial charge >= 0.3 is 0 Å². The highest BCUT2D eigenvalue weighted by Crippen LogP contribution is 2.21. The molecule has 0 spiro atoms. The predicted molar refractivity (Wildman–Crippen MR) is 73.6 cm³/mol. The van der Waals surface area contributed by atoms with Gasteiger partial charge in [-0.3, -0.25) is 4.79 Å². The van der Waals surface area contributed by atoms with Crippen molar-refractivity contribution in [2.75, 3.05) is 25.0 Å². The van der Waals surface area contributed by atoms with Gasteiger partial charge in [0, 0.05) is 38.2 Å². The summed E-state index contributed by atoms with van der Waals surface area (Å²) >= 11 is 0. The number of hydrogen-bond acceptors (Lipinski definition) is 4. The lowest BCUT2D eigenvalue weighted by molar-refractivity contribution is -0.120. The molecule has 6 heteroatoms. The van der Waals surface area contributed by atoms with Crippen LogP contribution in [0, 0.1) is 0 Å². The Morgan fingerprint density at radius 2 is 1.74 bits per heavy atom. The van der Waals surface area contributed by atoms with Gasteiger partial charge in [0.25, 0.3) is 0 Å². The molecular formula is C13H18N2O3S. The minimum absolute atomic E-state index is 0.133. The fourth-order valence-corrected chi connectivity index (χ4v) is 3.52. The number of piperidine rings is 1. The van der Waals surface area contributed by atoms with Crippen molar-refractivity contribution in [2.24, 2.45) is 0 Å². The fourth-order valence-electron chi connectivity index (χ4n) is 2.07. The van der Waals surface area contributed by atoms with Crippen molar-refractivity contribution in [1.29, 1.82) is 0 Å². The van der Waals surface area contributed by atoms with E-state index in [2.05, 4.69) is 5.32 Å². The van der Waals surface area contributed by atoms with Gasteiger partial charge < -0.3 is 5.32 Å². The molecule has 1 fully saturated rings. The van der Waals surface area contributed by atoms with Crippen molar-refractivity contribution < 1.29 is 13.2 Å². The lowest BCUT2D eigenvalue weighted by Crippen LogP contribution is -2.38. The molecule has 1 aromatic carbocycles. The first-order valence-corrected chi connectivity index (χ1v) is 7.84. The highest BCUT2D eigenvalue weighted by molar-refractivity contribution is 7.89. The van der Waals surface area contributed by atoms with E-state index in [4.69, 9.17) is 0 Å². The Labute approximate surface area is 113 Å². The van der Waals surface area contributed by atoms with E-state index in [1.807, 2.05) is 6.92 Å². The third kappa shape index (κ3) is 3.13. The van der Waals surface area contributed by atoms with Crippen LogP contribution in [0.25, 0.3) is 0 Å². The van der Waals surface area contributed by atoms with E-state index in [9.17, 15) is 13.2 Å². The third-order valence-electron chi connectivity index (χ3n) is 3.15. The van der Waals surface area contributed by atoms with Crippen LogP contribution in [0.5, 0.6) is 0 Å². The van der Waals surface area contributed by atoms with Crippen LogP contribution in [-0.4, -0.2) is 38.1 Å². The predicted octanol–water partition coefficient (Wildman–Crippen LogP) is 1.47. The summed E-state index contributed by atoms with van der Waals surface area (Å²) in [7, 11) is -3.46. The molecule has 0 atom stereocenters. The van der Waals surface area contributed by atoms with Crippen LogP contribution in [0.1, 0.15) is 19.8 Å². The van der Waals surface area contributed by atoms with Gasteiger partial charge in [-0.2, -0.15) is 4.31 Å². The molecule has 1 aromatic rings. The third-order valence-corrected chi connectivity index (χ3v) is 5.07. The summed E-state index contributed by atoms with van der Waals surface area (Å²) in [6, 6.07) is 6.71. The number of benzene rings is 1. The summed E-state index contributed by atoms with van der Waals surface area (Å²) in [6.07, 6.45) is 0.628. The van der Waals surface area contributed by atoms with Crippen LogP contribution >= 0.6 is 0 Å². The number of nitrogens with zero attached hydrogens (tertiary/aromatic N) is 1. The molecule has 1 saturated heterocycles. The van der Waals surface area contributed by atoms with Crippen molar-refractivity contribution in [1.82, 2.24) is 4.31 Å². The minimum atomic E-state index is -3.46. The number of nitrogens with one attached hydrogen (secondary N) is 1. The van der Waals surface area contributed by atoms with Gasteiger partial charge in [0.15, 0.2) is 0 Å². The van der Waals surface area contributed by atoms with Gasteiger partial charge in [0.1, 0.15) is 5.78 Å². The molecule has 5 nitrogen and oxygen atoms in total. The van der Waals surface area contributed by atoms with Crippen molar-refractivity contribution >= 4 is 21.5 Å². The Kier molecular flexibility index (Phi) is 4.21. The minimum Gasteiger partial charge on any atom is -0.385 e. The second kappa shape index (κ2) is 5.71. The number of Topliss-reactive ketones (excluding diaryl/α,β-unsaturated/α-hetero) is 1. The smallest absolute Gasteiger partial charge is 0.243 e. The molecule has 0 unspecified atom stereocenters. The largest absolute Gasteiger partial charge is 0.385 e. The van der Waals surface area contributed by atoms with Crippen molar-refractivity contribution in [3.8, 4) is 0 Å². The summed E-state index contributed by atoms with van der Waals surface area (Å²) in [5, 5.41) is 3.12. The van der Waals surface area contributed by atoms with Crippen LogP contribution in [0.3, 0.4) is 0 Å². The average molecular weight is 282 g/mol. The van der Waals surface area contributed by atoms with E-state index >= 15 is 0 Å². The van der Waals surface area contributed by atoms with Gasteiger partial charge in [0.05, 0.1) is 4.90 Å². The first-order chi connectivity index (χ1) is 9.04. The van der Waals surface area contributed by atoms with Gasteiger partial charge in [-0.1, -0.05) is 0 Å². The second-order valence-corrected chi connectivity index (χ2v) is 6.44. The molecule has 0 aromatic heterocycles. The Bertz CT molecular complexity index is 542. The molecule has 1 aliphatic rings. The zero-order valence-electron chi connectivity index (χ0n) is 10.9. The van der Waals surface area contributed by atoms with E-state index in [1.165, 1.54) is 4.31 Å². The summed E-state index contributed by atoms with van der Waals surface area (Å²) in [6.45, 7) is 3.35. The monoisotopic (exact) mass is 282 g/mol. The molecule has 1 N–H and O–H groups in total. The lowest BCUT2D eigenvalue weighted by Gasteiger charge is -2.25.